The molecule has 0 N–H and O–H groups in total. The molecule has 3 aliphatic rings. The van der Waals surface area contributed by atoms with E-state index in [9.17, 15) is 10.1 Å². The van der Waals surface area contributed by atoms with Crippen molar-refractivity contribution in [1.29, 1.82) is 5.26 Å². The zero-order valence-electron chi connectivity index (χ0n) is 20.7. The third kappa shape index (κ3) is 3.56. The number of carbonyl (C=O) groups excluding carboxylic acids is 1. The van der Waals surface area contributed by atoms with Gasteiger partial charge in [-0.25, -0.2) is 14.4 Å². The number of benzene rings is 1. The van der Waals surface area contributed by atoms with Crippen LogP contribution < -0.4 is 0 Å². The van der Waals surface area contributed by atoms with Crippen LogP contribution in [0, 0.1) is 29.0 Å². The number of fused-ring (bicyclic) bond motifs is 3. The Morgan fingerprint density at radius 1 is 1.23 bits per heavy atom. The number of rotatable bonds is 2. The molecular weight excluding hydrogens is 439 g/mol. The summed E-state index contributed by atoms with van der Waals surface area (Å²) in [5.74, 6) is -0.123. The molecule has 1 aromatic carbocycles. The van der Waals surface area contributed by atoms with Gasteiger partial charge in [0.1, 0.15) is 11.9 Å². The molecule has 1 saturated carbocycles. The first-order valence-corrected chi connectivity index (χ1v) is 12.3. The summed E-state index contributed by atoms with van der Waals surface area (Å²) in [5.41, 5.74) is 5.51. The Labute approximate surface area is 205 Å². The molecule has 35 heavy (non-hydrogen) atoms. The molecule has 3 aliphatic carbocycles. The Kier molecular flexibility index (Phi) is 5.75. The molecule has 5 rings (SSSR count). The van der Waals surface area contributed by atoms with E-state index in [2.05, 4.69) is 18.0 Å². The lowest BCUT2D eigenvalue weighted by atomic mass is 9.57. The van der Waals surface area contributed by atoms with E-state index < -0.39 is 5.41 Å². The van der Waals surface area contributed by atoms with Gasteiger partial charge in [0.25, 0.3) is 0 Å². The number of hydrogen-bond donors (Lipinski definition) is 0. The van der Waals surface area contributed by atoms with Gasteiger partial charge in [0.2, 0.25) is 0 Å². The summed E-state index contributed by atoms with van der Waals surface area (Å²) in [7, 11) is 1.81. The number of aromatic nitrogens is 2. The summed E-state index contributed by atoms with van der Waals surface area (Å²) in [6, 6.07) is 8.82. The Morgan fingerprint density at radius 3 is 2.71 bits per heavy atom. The monoisotopic (exact) mass is 468 g/mol. The quantitative estimate of drug-likeness (QED) is 0.558. The van der Waals surface area contributed by atoms with Crippen LogP contribution in [0.5, 0.6) is 0 Å². The van der Waals surface area contributed by atoms with Gasteiger partial charge in [0.15, 0.2) is 11.6 Å². The summed E-state index contributed by atoms with van der Waals surface area (Å²) in [4.78, 5) is 27.4. The Hall–Kier alpha value is -3.46. The van der Waals surface area contributed by atoms with Crippen LogP contribution in [0.2, 0.25) is 0 Å². The summed E-state index contributed by atoms with van der Waals surface area (Å²) in [5, 5.41) is 9.70. The number of ketones is 1. The van der Waals surface area contributed by atoms with Gasteiger partial charge in [-0.3, -0.25) is 9.79 Å². The van der Waals surface area contributed by atoms with E-state index in [0.717, 1.165) is 53.8 Å². The number of allylic oxidation sites excluding steroid dienone is 4. The molecule has 0 amide bonds. The van der Waals surface area contributed by atoms with E-state index in [1.807, 2.05) is 27.0 Å². The second-order valence-electron chi connectivity index (χ2n) is 10.1. The molecule has 1 heterocycles. The minimum atomic E-state index is -0.619. The zero-order chi connectivity index (χ0) is 24.9. The molecule has 0 bridgehead atoms. The first-order chi connectivity index (χ1) is 16.8. The first-order valence-electron chi connectivity index (χ1n) is 12.3. The Bertz CT molecular complexity index is 1380. The summed E-state index contributed by atoms with van der Waals surface area (Å²) in [6.07, 6.45) is 6.10. The predicted molar refractivity (Wildman–Crippen MR) is 134 cm³/mol. The molecule has 1 fully saturated rings. The molecule has 6 heteroatoms. The lowest BCUT2D eigenvalue weighted by Crippen LogP contribution is -2.46. The third-order valence-corrected chi connectivity index (χ3v) is 8.22. The van der Waals surface area contributed by atoms with Gasteiger partial charge in [-0.2, -0.15) is 5.26 Å². The van der Waals surface area contributed by atoms with Crippen molar-refractivity contribution in [3.8, 4) is 17.3 Å². The van der Waals surface area contributed by atoms with Crippen LogP contribution in [0.4, 0.5) is 4.39 Å². The minimum absolute atomic E-state index is 0.0167. The lowest BCUT2D eigenvalue weighted by Gasteiger charge is -2.45. The first kappa shape index (κ1) is 23.3. The average molecular weight is 469 g/mol. The second kappa shape index (κ2) is 8.64. The van der Waals surface area contributed by atoms with Crippen LogP contribution in [-0.2, 0) is 16.6 Å². The van der Waals surface area contributed by atoms with Gasteiger partial charge < -0.3 is 0 Å². The van der Waals surface area contributed by atoms with E-state index in [0.29, 0.717) is 23.5 Å². The summed E-state index contributed by atoms with van der Waals surface area (Å²) < 4.78 is 15.1. The van der Waals surface area contributed by atoms with Crippen LogP contribution in [-0.4, -0.2) is 28.5 Å². The topological polar surface area (TPSA) is 79.0 Å². The molecule has 1 aromatic heterocycles. The summed E-state index contributed by atoms with van der Waals surface area (Å²) >= 11 is 0. The number of nitriles is 1. The number of halogens is 1. The van der Waals surface area contributed by atoms with E-state index in [-0.39, 0.29) is 29.0 Å². The van der Waals surface area contributed by atoms with Crippen molar-refractivity contribution in [1.82, 2.24) is 9.97 Å². The van der Waals surface area contributed by atoms with Crippen LogP contribution in [0.3, 0.4) is 0 Å². The van der Waals surface area contributed by atoms with Gasteiger partial charge >= 0.3 is 0 Å². The van der Waals surface area contributed by atoms with Gasteiger partial charge in [-0.15, -0.1) is 0 Å². The second-order valence-corrected chi connectivity index (χ2v) is 10.1. The van der Waals surface area contributed by atoms with Crippen molar-refractivity contribution in [2.75, 3.05) is 7.05 Å². The standard InChI is InChI=1S/C29H29FN4O/c1-16(19-9-7-11-24(19)32-4)28-33-25(20-8-5-6-10-23(20)30)21-12-13-22-17(2)26(35)18(15-31)14-29(22,3)27(21)34-28/h5-6,8,10,14,17,22H,7,9,11-13H2,1-4H3/b19-16+,32-24?/t17-,22-,29-/m1/s1. The molecule has 0 spiro atoms. The number of carbonyl (C=O) groups is 1. The zero-order valence-corrected chi connectivity index (χ0v) is 20.7. The molecule has 178 valence electrons. The number of aliphatic imine (C=N–C) groups is 1. The summed E-state index contributed by atoms with van der Waals surface area (Å²) in [6.45, 7) is 6.00. The highest BCUT2D eigenvalue weighted by atomic mass is 19.1. The van der Waals surface area contributed by atoms with Gasteiger partial charge in [0.05, 0.1) is 17.0 Å². The smallest absolute Gasteiger partial charge is 0.176 e. The van der Waals surface area contributed by atoms with Crippen molar-refractivity contribution < 1.29 is 9.18 Å². The lowest BCUT2D eigenvalue weighted by molar-refractivity contribution is -0.121. The number of nitrogens with zero attached hydrogens (tertiary/aromatic N) is 4. The van der Waals surface area contributed by atoms with Crippen LogP contribution in [0.15, 0.2) is 46.5 Å². The largest absolute Gasteiger partial charge is 0.293 e. The van der Waals surface area contributed by atoms with Crippen molar-refractivity contribution in [3.63, 3.8) is 0 Å². The average Bonchev–Trinajstić information content (AvgIpc) is 3.34. The number of hydrogen-bond acceptors (Lipinski definition) is 5. The maximum absolute atomic E-state index is 15.1. The van der Waals surface area contributed by atoms with Crippen molar-refractivity contribution in [2.45, 2.75) is 58.3 Å². The van der Waals surface area contributed by atoms with E-state index in [1.165, 1.54) is 6.07 Å². The van der Waals surface area contributed by atoms with E-state index in [1.54, 1.807) is 18.2 Å². The molecule has 5 nitrogen and oxygen atoms in total. The van der Waals surface area contributed by atoms with Gasteiger partial charge in [0, 0.05) is 35.2 Å². The van der Waals surface area contributed by atoms with Crippen molar-refractivity contribution >= 4 is 17.1 Å². The normalized spacial score (nSPS) is 28.3. The van der Waals surface area contributed by atoms with Crippen molar-refractivity contribution in [3.05, 3.63) is 64.4 Å². The maximum Gasteiger partial charge on any atom is 0.176 e. The highest BCUT2D eigenvalue weighted by Crippen LogP contribution is 2.51. The minimum Gasteiger partial charge on any atom is -0.293 e. The molecular formula is C29H29FN4O. The fourth-order valence-electron chi connectivity index (χ4n) is 6.33. The van der Waals surface area contributed by atoms with Gasteiger partial charge in [-0.05, 0) is 68.2 Å². The fourth-order valence-corrected chi connectivity index (χ4v) is 6.33. The third-order valence-electron chi connectivity index (χ3n) is 8.22. The SMILES string of the molecule is CN=C1CCC/C1=C(/C)c1nc(-c2ccccc2F)c2c(n1)[C@]1(C)C=C(C#N)C(=O)[C@H](C)[C@H]1CC2. The molecule has 2 aromatic rings. The van der Waals surface area contributed by atoms with Crippen molar-refractivity contribution in [2.24, 2.45) is 16.8 Å². The maximum atomic E-state index is 15.1. The molecule has 0 saturated heterocycles. The Balaban J connectivity index is 1.82. The van der Waals surface area contributed by atoms with Gasteiger partial charge in [-0.1, -0.05) is 32.1 Å². The predicted octanol–water partition coefficient (Wildman–Crippen LogP) is 5.80. The molecule has 3 atom stereocenters. The number of Topliss-reactive ketones (excluding diaryl/α,β-unsaturated/α-hetero) is 1. The fraction of sp³-hybridized carbons (Fsp3) is 0.414. The molecule has 0 unspecified atom stereocenters. The molecule has 0 radical (unpaired) electrons. The van der Waals surface area contributed by atoms with Crippen LogP contribution in [0.25, 0.3) is 16.8 Å². The highest BCUT2D eigenvalue weighted by Gasteiger charge is 2.49. The molecule has 0 aliphatic heterocycles. The van der Waals surface area contributed by atoms with E-state index >= 15 is 4.39 Å². The highest BCUT2D eigenvalue weighted by molar-refractivity contribution is 6.07. The van der Waals surface area contributed by atoms with E-state index in [4.69, 9.17) is 9.97 Å². The Morgan fingerprint density at radius 2 is 2.00 bits per heavy atom. The van der Waals surface area contributed by atoms with Crippen LogP contribution >= 0.6 is 0 Å². The van der Waals surface area contributed by atoms with Crippen LogP contribution in [0.1, 0.15) is 63.5 Å².